The number of anilines is 2. The van der Waals surface area contributed by atoms with E-state index in [-0.39, 0.29) is 24.4 Å². The van der Waals surface area contributed by atoms with Gasteiger partial charge in [0, 0.05) is 36.8 Å². The van der Waals surface area contributed by atoms with E-state index < -0.39 is 0 Å². The minimum atomic E-state index is -0.218. The van der Waals surface area contributed by atoms with Crippen LogP contribution in [0, 0.1) is 0 Å². The number of hydrogen-bond donors (Lipinski definition) is 2. The van der Waals surface area contributed by atoms with E-state index >= 15 is 0 Å². The van der Waals surface area contributed by atoms with Crippen molar-refractivity contribution in [3.8, 4) is 11.3 Å². The fourth-order valence-electron chi connectivity index (χ4n) is 4.04. The molecule has 2 saturated heterocycles. The third-order valence-electron chi connectivity index (χ3n) is 5.82. The van der Waals surface area contributed by atoms with Crippen LogP contribution in [0.2, 0.25) is 0 Å². The molecule has 2 aliphatic rings. The summed E-state index contributed by atoms with van der Waals surface area (Å²) in [5, 5.41) is 14.9. The largest absolute Gasteiger partial charge is 0.355 e. The fraction of sp³-hybridized carbons (Fsp3) is 0.478. The van der Waals surface area contributed by atoms with Crippen molar-refractivity contribution in [2.24, 2.45) is 0 Å². The number of carbonyl (C=O) groups excluding carboxylic acids is 2. The first-order valence-electron chi connectivity index (χ1n) is 11.1. The zero-order valence-electron chi connectivity index (χ0n) is 18.0. The molecule has 2 amide bonds. The van der Waals surface area contributed by atoms with Gasteiger partial charge >= 0.3 is 0 Å². The van der Waals surface area contributed by atoms with E-state index in [4.69, 9.17) is 0 Å². The van der Waals surface area contributed by atoms with E-state index in [0.29, 0.717) is 18.8 Å². The highest BCUT2D eigenvalue weighted by atomic mass is 16.2. The Balaban J connectivity index is 1.38. The Morgan fingerprint density at radius 1 is 1.13 bits per heavy atom. The first kappa shape index (κ1) is 21.2. The predicted octanol–water partition coefficient (Wildman–Crippen LogP) is 2.63. The fourth-order valence-corrected chi connectivity index (χ4v) is 4.04. The summed E-state index contributed by atoms with van der Waals surface area (Å²) in [5.41, 5.74) is 2.32. The SMILES string of the molecule is CC1CC(=O)N(CC(=O)Nc2cccc(-c3ccc(N4CCCCCC4)nn3)c2)CN1. The highest BCUT2D eigenvalue weighted by molar-refractivity contribution is 5.95. The van der Waals surface area contributed by atoms with Gasteiger partial charge in [-0.3, -0.25) is 14.9 Å². The molecule has 0 saturated carbocycles. The Hall–Kier alpha value is -3.00. The molecule has 1 atom stereocenters. The van der Waals surface area contributed by atoms with Crippen molar-refractivity contribution < 1.29 is 9.59 Å². The van der Waals surface area contributed by atoms with Crippen LogP contribution in [0.4, 0.5) is 11.5 Å². The van der Waals surface area contributed by atoms with Gasteiger partial charge in [0.25, 0.3) is 0 Å². The Labute approximate surface area is 183 Å². The van der Waals surface area contributed by atoms with E-state index in [1.807, 2.05) is 43.3 Å². The normalized spacial score (nSPS) is 19.8. The third-order valence-corrected chi connectivity index (χ3v) is 5.82. The number of aromatic nitrogens is 2. The summed E-state index contributed by atoms with van der Waals surface area (Å²) in [7, 11) is 0. The Bertz CT molecular complexity index is 909. The molecular formula is C23H30N6O2. The van der Waals surface area contributed by atoms with Crippen molar-refractivity contribution in [1.82, 2.24) is 20.4 Å². The van der Waals surface area contributed by atoms with E-state index in [0.717, 1.165) is 30.2 Å². The molecule has 2 N–H and O–H groups in total. The molecule has 8 heteroatoms. The molecule has 2 fully saturated rings. The Morgan fingerprint density at radius 2 is 1.94 bits per heavy atom. The maximum absolute atomic E-state index is 12.4. The van der Waals surface area contributed by atoms with Crippen LogP contribution in [0.1, 0.15) is 39.0 Å². The second kappa shape index (κ2) is 9.87. The monoisotopic (exact) mass is 422 g/mol. The van der Waals surface area contributed by atoms with Gasteiger partial charge in [-0.2, -0.15) is 0 Å². The van der Waals surface area contributed by atoms with Crippen molar-refractivity contribution >= 4 is 23.3 Å². The standard InChI is InChI=1S/C23H30N6O2/c1-17-13-23(31)29(16-24-17)15-22(30)25-19-8-6-7-18(14-19)20-9-10-21(27-26-20)28-11-4-2-3-5-12-28/h6-10,14,17,24H,2-5,11-13,15-16H2,1H3,(H,25,30). The summed E-state index contributed by atoms with van der Waals surface area (Å²) in [6.07, 6.45) is 5.37. The average Bonchev–Trinajstić information content (AvgIpc) is 3.06. The molecule has 8 nitrogen and oxygen atoms in total. The van der Waals surface area contributed by atoms with Gasteiger partial charge in [0.1, 0.15) is 6.54 Å². The summed E-state index contributed by atoms with van der Waals surface area (Å²) in [6, 6.07) is 11.7. The molecule has 2 aliphatic heterocycles. The van der Waals surface area contributed by atoms with Crippen LogP contribution in [-0.2, 0) is 9.59 Å². The molecule has 0 radical (unpaired) electrons. The van der Waals surface area contributed by atoms with Crippen molar-refractivity contribution in [2.75, 3.05) is 36.5 Å². The van der Waals surface area contributed by atoms with Crippen molar-refractivity contribution in [3.63, 3.8) is 0 Å². The summed E-state index contributed by atoms with van der Waals surface area (Å²) in [4.78, 5) is 28.4. The van der Waals surface area contributed by atoms with E-state index in [9.17, 15) is 9.59 Å². The third kappa shape index (κ3) is 5.58. The van der Waals surface area contributed by atoms with Crippen LogP contribution < -0.4 is 15.5 Å². The van der Waals surface area contributed by atoms with E-state index in [1.165, 1.54) is 30.6 Å². The summed E-state index contributed by atoms with van der Waals surface area (Å²) >= 11 is 0. The zero-order chi connectivity index (χ0) is 21.6. The second-order valence-electron chi connectivity index (χ2n) is 8.37. The van der Waals surface area contributed by atoms with Crippen molar-refractivity contribution in [2.45, 2.75) is 45.1 Å². The molecule has 1 aromatic heterocycles. The average molecular weight is 423 g/mol. The molecule has 31 heavy (non-hydrogen) atoms. The number of hydrogen-bond acceptors (Lipinski definition) is 6. The number of rotatable bonds is 5. The van der Waals surface area contributed by atoms with Gasteiger partial charge in [0.15, 0.2) is 5.82 Å². The smallest absolute Gasteiger partial charge is 0.244 e. The Morgan fingerprint density at radius 3 is 2.65 bits per heavy atom. The zero-order valence-corrected chi connectivity index (χ0v) is 18.0. The lowest BCUT2D eigenvalue weighted by Gasteiger charge is -2.30. The topological polar surface area (TPSA) is 90.5 Å². The summed E-state index contributed by atoms with van der Waals surface area (Å²) in [5.74, 6) is 0.698. The molecule has 164 valence electrons. The van der Waals surface area contributed by atoms with Gasteiger partial charge in [0.2, 0.25) is 11.8 Å². The van der Waals surface area contributed by atoms with Crippen LogP contribution >= 0.6 is 0 Å². The molecule has 4 rings (SSSR count). The van der Waals surface area contributed by atoms with Gasteiger partial charge < -0.3 is 15.1 Å². The van der Waals surface area contributed by atoms with Gasteiger partial charge in [-0.15, -0.1) is 10.2 Å². The predicted molar refractivity (Wildman–Crippen MR) is 121 cm³/mol. The van der Waals surface area contributed by atoms with Crippen LogP contribution in [0.5, 0.6) is 0 Å². The summed E-state index contributed by atoms with van der Waals surface area (Å²) in [6.45, 7) is 4.46. The number of nitrogens with one attached hydrogen (secondary N) is 2. The van der Waals surface area contributed by atoms with Crippen molar-refractivity contribution in [1.29, 1.82) is 0 Å². The minimum Gasteiger partial charge on any atom is -0.355 e. The lowest BCUT2D eigenvalue weighted by molar-refractivity contribution is -0.137. The lowest BCUT2D eigenvalue weighted by atomic mass is 10.1. The second-order valence-corrected chi connectivity index (χ2v) is 8.37. The van der Waals surface area contributed by atoms with Crippen LogP contribution in [0.15, 0.2) is 36.4 Å². The molecule has 3 heterocycles. The van der Waals surface area contributed by atoms with Gasteiger partial charge in [-0.25, -0.2) is 0 Å². The van der Waals surface area contributed by atoms with Gasteiger partial charge in [-0.05, 0) is 44.0 Å². The van der Waals surface area contributed by atoms with Crippen LogP contribution in [0.25, 0.3) is 11.3 Å². The van der Waals surface area contributed by atoms with Crippen molar-refractivity contribution in [3.05, 3.63) is 36.4 Å². The van der Waals surface area contributed by atoms with Gasteiger partial charge in [0.05, 0.1) is 12.4 Å². The Kier molecular flexibility index (Phi) is 6.76. The van der Waals surface area contributed by atoms with Crippen LogP contribution in [0.3, 0.4) is 0 Å². The number of carbonyl (C=O) groups is 2. The van der Waals surface area contributed by atoms with Crippen LogP contribution in [-0.4, -0.2) is 59.3 Å². The molecule has 1 unspecified atom stereocenters. The summed E-state index contributed by atoms with van der Waals surface area (Å²) < 4.78 is 0. The first-order chi connectivity index (χ1) is 15.1. The lowest BCUT2D eigenvalue weighted by Crippen LogP contribution is -2.51. The molecule has 0 spiro atoms. The van der Waals surface area contributed by atoms with E-state index in [2.05, 4.69) is 25.7 Å². The molecule has 0 bridgehead atoms. The number of nitrogens with zero attached hydrogens (tertiary/aromatic N) is 4. The molecular weight excluding hydrogens is 392 g/mol. The minimum absolute atomic E-state index is 0.00470. The van der Waals surface area contributed by atoms with Gasteiger partial charge in [-0.1, -0.05) is 25.0 Å². The number of amides is 2. The molecule has 1 aromatic carbocycles. The van der Waals surface area contributed by atoms with E-state index in [1.54, 1.807) is 0 Å². The highest BCUT2D eigenvalue weighted by Crippen LogP contribution is 2.23. The quantitative estimate of drug-likeness (QED) is 0.770. The highest BCUT2D eigenvalue weighted by Gasteiger charge is 2.24. The maximum atomic E-state index is 12.4. The number of benzene rings is 1. The maximum Gasteiger partial charge on any atom is 0.244 e. The molecule has 2 aromatic rings. The molecule has 0 aliphatic carbocycles. The first-order valence-corrected chi connectivity index (χ1v) is 11.1.